The van der Waals surface area contributed by atoms with E-state index >= 15 is 0 Å². The molecule has 6 aliphatic rings. The standard InChI is InChI=1S/C27H44O5/c1-14-7-10-27(31-13-14)15(2)21-24(32-27)23(30)22-17-6-5-16-11-19(28)20(29)12-26(16,4)18(17)8-9-25(21,22)3/h14-24,28-30H,5-13H2,1-4H3/t14-,15+,16+,17-,18+,19?,20?,21+,22-,23+,24-,25-,26+,27-/m1/s1. The zero-order valence-electron chi connectivity index (χ0n) is 20.4. The van der Waals surface area contributed by atoms with Gasteiger partial charge in [0.2, 0.25) is 0 Å². The van der Waals surface area contributed by atoms with Crippen LogP contribution >= 0.6 is 0 Å². The lowest BCUT2D eigenvalue weighted by atomic mass is 9.44. The summed E-state index contributed by atoms with van der Waals surface area (Å²) in [5.74, 6) is 2.49. The Labute approximate surface area is 193 Å². The van der Waals surface area contributed by atoms with Crippen molar-refractivity contribution in [3.63, 3.8) is 0 Å². The van der Waals surface area contributed by atoms with E-state index in [0.29, 0.717) is 41.9 Å². The quantitative estimate of drug-likeness (QED) is 0.526. The highest BCUT2D eigenvalue weighted by Crippen LogP contribution is 2.71. The smallest absolute Gasteiger partial charge is 0.171 e. The van der Waals surface area contributed by atoms with Crippen molar-refractivity contribution in [3.8, 4) is 0 Å². The maximum atomic E-state index is 11.8. The van der Waals surface area contributed by atoms with Crippen molar-refractivity contribution in [2.24, 2.45) is 52.3 Å². The van der Waals surface area contributed by atoms with Crippen LogP contribution in [0.3, 0.4) is 0 Å². The summed E-state index contributed by atoms with van der Waals surface area (Å²) >= 11 is 0. The lowest BCUT2D eigenvalue weighted by molar-refractivity contribution is -0.282. The lowest BCUT2D eigenvalue weighted by Gasteiger charge is -2.62. The molecule has 5 nitrogen and oxygen atoms in total. The van der Waals surface area contributed by atoms with Crippen LogP contribution in [0.15, 0.2) is 0 Å². The summed E-state index contributed by atoms with van der Waals surface area (Å²) in [6.45, 7) is 10.2. The van der Waals surface area contributed by atoms with E-state index in [-0.39, 0.29) is 22.9 Å². The minimum Gasteiger partial charge on any atom is -0.390 e. The Balaban J connectivity index is 1.30. The molecule has 1 spiro atoms. The molecule has 0 amide bonds. The number of aliphatic hydroxyl groups is 3. The number of hydrogen-bond donors (Lipinski definition) is 3. The van der Waals surface area contributed by atoms with E-state index in [0.717, 1.165) is 45.1 Å². The zero-order valence-corrected chi connectivity index (χ0v) is 20.4. The first-order chi connectivity index (χ1) is 15.1. The van der Waals surface area contributed by atoms with Gasteiger partial charge in [-0.3, -0.25) is 0 Å². The molecule has 0 aromatic heterocycles. The Hall–Kier alpha value is -0.200. The van der Waals surface area contributed by atoms with E-state index in [1.807, 2.05) is 0 Å². The fourth-order valence-electron chi connectivity index (χ4n) is 10.3. The Morgan fingerprint density at radius 2 is 1.62 bits per heavy atom. The SMILES string of the molecule is C[C@@H]1CC[C@@]2(OC1)O[C@H]1[C@@H](O)[C@H]3[C@@H]4CC[C@H]5CC(O)C(O)C[C@]5(C)[C@H]4CC[C@]3(C)[C@H]1[C@@H]2C. The third kappa shape index (κ3) is 2.75. The normalized spacial score (nSPS) is 64.0. The summed E-state index contributed by atoms with van der Waals surface area (Å²) in [4.78, 5) is 0. The number of ether oxygens (including phenoxy) is 2. The van der Waals surface area contributed by atoms with Crippen LogP contribution in [-0.4, -0.2) is 52.1 Å². The highest BCUT2D eigenvalue weighted by Gasteiger charge is 2.72. The second-order valence-electron chi connectivity index (χ2n) is 13.3. The highest BCUT2D eigenvalue weighted by atomic mass is 16.7. The van der Waals surface area contributed by atoms with Gasteiger partial charge in [0.15, 0.2) is 5.79 Å². The van der Waals surface area contributed by atoms with Crippen molar-refractivity contribution in [2.75, 3.05) is 6.61 Å². The molecule has 182 valence electrons. The molecule has 4 aliphatic carbocycles. The molecule has 2 unspecified atom stereocenters. The van der Waals surface area contributed by atoms with Crippen LogP contribution < -0.4 is 0 Å². The van der Waals surface area contributed by atoms with Crippen molar-refractivity contribution < 1.29 is 24.8 Å². The van der Waals surface area contributed by atoms with Crippen molar-refractivity contribution in [1.29, 1.82) is 0 Å². The minimum atomic E-state index is -0.606. The van der Waals surface area contributed by atoms with Crippen LogP contribution in [0.1, 0.15) is 79.1 Å². The molecule has 2 saturated heterocycles. The van der Waals surface area contributed by atoms with E-state index in [1.54, 1.807) is 0 Å². The van der Waals surface area contributed by atoms with Gasteiger partial charge in [-0.1, -0.05) is 27.7 Å². The molecule has 14 atom stereocenters. The summed E-state index contributed by atoms with van der Waals surface area (Å²) in [5, 5.41) is 32.7. The van der Waals surface area contributed by atoms with E-state index in [1.165, 1.54) is 6.42 Å². The molecule has 2 aliphatic heterocycles. The third-order valence-corrected chi connectivity index (χ3v) is 12.0. The van der Waals surface area contributed by atoms with Gasteiger partial charge in [-0.15, -0.1) is 0 Å². The Kier molecular flexibility index (Phi) is 4.99. The van der Waals surface area contributed by atoms with Gasteiger partial charge in [0, 0.05) is 18.3 Å². The zero-order chi connectivity index (χ0) is 22.6. The van der Waals surface area contributed by atoms with E-state index in [4.69, 9.17) is 9.47 Å². The van der Waals surface area contributed by atoms with Crippen LogP contribution in [0, 0.1) is 52.3 Å². The van der Waals surface area contributed by atoms with Crippen LogP contribution in [-0.2, 0) is 9.47 Å². The Morgan fingerprint density at radius 3 is 2.34 bits per heavy atom. The predicted molar refractivity (Wildman–Crippen MR) is 121 cm³/mol. The number of aliphatic hydroxyl groups excluding tert-OH is 3. The maximum absolute atomic E-state index is 11.8. The molecule has 4 saturated carbocycles. The van der Waals surface area contributed by atoms with Gasteiger partial charge in [0.25, 0.3) is 0 Å². The number of hydrogen-bond acceptors (Lipinski definition) is 5. The maximum Gasteiger partial charge on any atom is 0.171 e. The van der Waals surface area contributed by atoms with Gasteiger partial charge in [0.05, 0.1) is 31.0 Å². The highest BCUT2D eigenvalue weighted by molar-refractivity contribution is 5.18. The molecule has 32 heavy (non-hydrogen) atoms. The monoisotopic (exact) mass is 448 g/mol. The van der Waals surface area contributed by atoms with Crippen LogP contribution in [0.5, 0.6) is 0 Å². The lowest BCUT2D eigenvalue weighted by Crippen LogP contribution is -2.58. The molecule has 0 radical (unpaired) electrons. The fraction of sp³-hybridized carbons (Fsp3) is 1.00. The molecule has 0 aromatic carbocycles. The number of fused-ring (bicyclic) bond motifs is 7. The topological polar surface area (TPSA) is 79.2 Å². The summed E-state index contributed by atoms with van der Waals surface area (Å²) in [6, 6.07) is 0. The van der Waals surface area contributed by atoms with Gasteiger partial charge in [-0.25, -0.2) is 0 Å². The second-order valence-corrected chi connectivity index (χ2v) is 13.3. The first kappa shape index (κ1) is 22.3. The van der Waals surface area contributed by atoms with Crippen molar-refractivity contribution in [1.82, 2.24) is 0 Å². The molecular formula is C27H44O5. The van der Waals surface area contributed by atoms with Crippen LogP contribution in [0.2, 0.25) is 0 Å². The van der Waals surface area contributed by atoms with Crippen LogP contribution in [0.4, 0.5) is 0 Å². The molecule has 6 rings (SSSR count). The van der Waals surface area contributed by atoms with Gasteiger partial charge in [0.1, 0.15) is 0 Å². The fourth-order valence-corrected chi connectivity index (χ4v) is 10.3. The molecule has 0 aromatic rings. The molecular weight excluding hydrogens is 404 g/mol. The van der Waals surface area contributed by atoms with Crippen LogP contribution in [0.25, 0.3) is 0 Å². The van der Waals surface area contributed by atoms with Crippen molar-refractivity contribution in [3.05, 3.63) is 0 Å². The van der Waals surface area contributed by atoms with Gasteiger partial charge >= 0.3 is 0 Å². The Bertz CT molecular complexity index is 748. The molecule has 6 fully saturated rings. The van der Waals surface area contributed by atoms with Gasteiger partial charge in [-0.2, -0.15) is 0 Å². The van der Waals surface area contributed by atoms with Gasteiger partial charge < -0.3 is 24.8 Å². The summed E-state index contributed by atoms with van der Waals surface area (Å²) in [7, 11) is 0. The average Bonchev–Trinajstić information content (AvgIpc) is 3.15. The molecule has 0 bridgehead atoms. The third-order valence-electron chi connectivity index (χ3n) is 12.0. The van der Waals surface area contributed by atoms with E-state index < -0.39 is 24.1 Å². The van der Waals surface area contributed by atoms with E-state index in [2.05, 4.69) is 27.7 Å². The summed E-state index contributed by atoms with van der Waals surface area (Å²) in [5.41, 5.74) is 0.146. The molecule has 2 heterocycles. The number of rotatable bonds is 0. The largest absolute Gasteiger partial charge is 0.390 e. The first-order valence-electron chi connectivity index (χ1n) is 13.5. The predicted octanol–water partition coefficient (Wildman–Crippen LogP) is 3.74. The van der Waals surface area contributed by atoms with Crippen molar-refractivity contribution in [2.45, 2.75) is 109 Å². The first-order valence-corrected chi connectivity index (χ1v) is 13.5. The molecule has 3 N–H and O–H groups in total. The van der Waals surface area contributed by atoms with E-state index in [9.17, 15) is 15.3 Å². The summed E-state index contributed by atoms with van der Waals surface area (Å²) < 4.78 is 13.1. The van der Waals surface area contributed by atoms with Gasteiger partial charge in [-0.05, 0) is 85.4 Å². The second kappa shape index (κ2) is 7.16. The molecule has 5 heteroatoms. The Morgan fingerprint density at radius 1 is 0.844 bits per heavy atom. The average molecular weight is 449 g/mol. The minimum absolute atomic E-state index is 0.0661. The summed E-state index contributed by atoms with van der Waals surface area (Å²) in [6.07, 6.45) is 6.33. The van der Waals surface area contributed by atoms with Crippen molar-refractivity contribution >= 4 is 0 Å².